The minimum atomic E-state index is 0.602. The lowest BCUT2D eigenvalue weighted by atomic mass is 10.0. The highest BCUT2D eigenvalue weighted by molar-refractivity contribution is 6.33. The van der Waals surface area contributed by atoms with E-state index in [4.69, 9.17) is 4.42 Å². The summed E-state index contributed by atoms with van der Waals surface area (Å²) in [5.74, 6) is 0. The van der Waals surface area contributed by atoms with E-state index in [-0.39, 0.29) is 0 Å². The van der Waals surface area contributed by atoms with Gasteiger partial charge in [0.05, 0.1) is 45.2 Å². The van der Waals surface area contributed by atoms with Crippen molar-refractivity contribution < 1.29 is 4.42 Å². The molecule has 0 N–H and O–H groups in total. The van der Waals surface area contributed by atoms with Gasteiger partial charge in [-0.1, -0.05) is 36.4 Å². The number of furan rings is 1. The zero-order chi connectivity index (χ0) is 22.6. The molecule has 0 saturated heterocycles. The first kappa shape index (κ1) is 17.5. The van der Waals surface area contributed by atoms with Gasteiger partial charge in [0, 0.05) is 26.9 Å². The van der Waals surface area contributed by atoms with Crippen molar-refractivity contribution in [3.63, 3.8) is 0 Å². The zero-order valence-corrected chi connectivity index (χ0v) is 17.8. The van der Waals surface area contributed by atoms with Gasteiger partial charge in [-0.3, -0.25) is 0 Å². The minimum absolute atomic E-state index is 0.602. The summed E-state index contributed by atoms with van der Waals surface area (Å²) in [6.45, 7) is 0. The van der Waals surface area contributed by atoms with Gasteiger partial charge in [-0.05, 0) is 53.2 Å². The quantitative estimate of drug-likeness (QED) is 0.248. The molecule has 0 aliphatic rings. The van der Waals surface area contributed by atoms with E-state index in [0.717, 1.165) is 65.4 Å². The van der Waals surface area contributed by atoms with E-state index in [1.807, 2.05) is 42.5 Å². The number of rotatable bonds is 0. The Labute approximate surface area is 192 Å². The lowest BCUT2D eigenvalue weighted by Crippen LogP contribution is -1.83. The normalized spacial score (nSPS) is 12.1. The van der Waals surface area contributed by atoms with Crippen LogP contribution in [0.3, 0.4) is 0 Å². The van der Waals surface area contributed by atoms with Crippen LogP contribution in [-0.2, 0) is 0 Å². The van der Waals surface area contributed by atoms with Crippen molar-refractivity contribution in [1.29, 1.82) is 10.5 Å². The van der Waals surface area contributed by atoms with Crippen molar-refractivity contribution in [2.24, 2.45) is 0 Å². The fourth-order valence-corrected chi connectivity index (χ4v) is 5.66. The predicted molar refractivity (Wildman–Crippen MR) is 135 cm³/mol. The monoisotopic (exact) mass is 431 g/mol. The maximum atomic E-state index is 9.56. The Balaban J connectivity index is 1.70. The van der Waals surface area contributed by atoms with Gasteiger partial charge in [-0.2, -0.15) is 10.5 Å². The highest BCUT2D eigenvalue weighted by Crippen LogP contribution is 2.46. The molecule has 0 spiro atoms. The SMILES string of the molecule is N#Cc1ccc2c3cc4c5cc6ccccc6cc5oc4c4c5ccc(C#N)cc5n(c2c1)c34. The summed E-state index contributed by atoms with van der Waals surface area (Å²) in [6.07, 6.45) is 0. The average Bonchev–Trinajstić information content (AvgIpc) is 3.51. The Morgan fingerprint density at radius 2 is 1.29 bits per heavy atom. The van der Waals surface area contributed by atoms with Crippen LogP contribution in [0.2, 0.25) is 0 Å². The summed E-state index contributed by atoms with van der Waals surface area (Å²) < 4.78 is 8.73. The first-order valence-corrected chi connectivity index (χ1v) is 11.1. The molecule has 0 aliphatic carbocycles. The topological polar surface area (TPSA) is 65.1 Å². The standard InChI is InChI=1S/C30H13N3O/c31-14-16-5-7-20-23-13-24-22-11-18-3-1-2-4-19(18)12-27(22)34-30(24)28-21-8-6-17(15-32)10-26(21)33(29(23)28)25(20)9-16/h1-13H. The molecule has 0 unspecified atom stereocenters. The van der Waals surface area contributed by atoms with E-state index < -0.39 is 0 Å². The molecular formula is C30H13N3O. The molecule has 154 valence electrons. The van der Waals surface area contributed by atoms with Gasteiger partial charge >= 0.3 is 0 Å². The molecule has 0 aliphatic heterocycles. The molecule has 0 radical (unpaired) electrons. The van der Waals surface area contributed by atoms with Crippen LogP contribution in [0.25, 0.3) is 70.8 Å². The molecule has 8 rings (SSSR count). The number of hydrogen-bond donors (Lipinski definition) is 0. The predicted octanol–water partition coefficient (Wildman–Crippen LogP) is 7.63. The molecule has 34 heavy (non-hydrogen) atoms. The van der Waals surface area contributed by atoms with Crippen LogP contribution in [0, 0.1) is 22.7 Å². The molecule has 4 nitrogen and oxygen atoms in total. The summed E-state index contributed by atoms with van der Waals surface area (Å²) in [4.78, 5) is 0. The van der Waals surface area contributed by atoms with Gasteiger partial charge in [-0.15, -0.1) is 0 Å². The smallest absolute Gasteiger partial charge is 0.145 e. The van der Waals surface area contributed by atoms with Gasteiger partial charge in [0.15, 0.2) is 0 Å². The number of nitriles is 2. The molecular weight excluding hydrogens is 418 g/mol. The highest BCUT2D eigenvalue weighted by atomic mass is 16.3. The maximum absolute atomic E-state index is 9.56. The molecule has 0 atom stereocenters. The molecule has 8 aromatic rings. The third kappa shape index (κ3) is 1.97. The van der Waals surface area contributed by atoms with Gasteiger partial charge in [0.1, 0.15) is 11.2 Å². The fourth-order valence-electron chi connectivity index (χ4n) is 5.66. The van der Waals surface area contributed by atoms with Crippen molar-refractivity contribution in [2.75, 3.05) is 0 Å². The van der Waals surface area contributed by atoms with Crippen LogP contribution in [0.1, 0.15) is 11.1 Å². The Hall–Kier alpha value is -5.06. The van der Waals surface area contributed by atoms with E-state index in [1.54, 1.807) is 0 Å². The van der Waals surface area contributed by atoms with Crippen LogP contribution >= 0.6 is 0 Å². The van der Waals surface area contributed by atoms with Crippen molar-refractivity contribution in [1.82, 2.24) is 4.40 Å². The number of fused-ring (bicyclic) bond motifs is 11. The first-order chi connectivity index (χ1) is 16.7. The van der Waals surface area contributed by atoms with E-state index in [0.29, 0.717) is 11.1 Å². The van der Waals surface area contributed by atoms with Gasteiger partial charge < -0.3 is 8.82 Å². The summed E-state index contributed by atoms with van der Waals surface area (Å²) >= 11 is 0. The summed E-state index contributed by atoms with van der Waals surface area (Å²) in [5, 5.41) is 27.9. The molecule has 0 bridgehead atoms. The van der Waals surface area contributed by atoms with Gasteiger partial charge in [0.2, 0.25) is 0 Å². The maximum Gasteiger partial charge on any atom is 0.145 e. The largest absolute Gasteiger partial charge is 0.455 e. The Kier molecular flexibility index (Phi) is 3.00. The zero-order valence-electron chi connectivity index (χ0n) is 17.8. The van der Waals surface area contributed by atoms with Crippen LogP contribution in [0.15, 0.2) is 83.3 Å². The minimum Gasteiger partial charge on any atom is -0.455 e. The van der Waals surface area contributed by atoms with Crippen molar-refractivity contribution in [3.8, 4) is 12.1 Å². The molecule has 4 heteroatoms. The lowest BCUT2D eigenvalue weighted by molar-refractivity contribution is 0.673. The van der Waals surface area contributed by atoms with Crippen molar-refractivity contribution in [3.05, 3.63) is 90.0 Å². The lowest BCUT2D eigenvalue weighted by Gasteiger charge is -1.99. The van der Waals surface area contributed by atoms with E-state index in [9.17, 15) is 10.5 Å². The van der Waals surface area contributed by atoms with Crippen LogP contribution in [0.4, 0.5) is 0 Å². The van der Waals surface area contributed by atoms with Crippen LogP contribution < -0.4 is 0 Å². The summed E-state index contributed by atoms with van der Waals surface area (Å²) in [7, 11) is 0. The Morgan fingerprint density at radius 1 is 0.618 bits per heavy atom. The van der Waals surface area contributed by atoms with Crippen LogP contribution in [0.5, 0.6) is 0 Å². The molecule has 0 saturated carbocycles. The Bertz CT molecular complexity index is 2250. The summed E-state index contributed by atoms with van der Waals surface area (Å²) in [6, 6.07) is 31.0. The highest BCUT2D eigenvalue weighted by Gasteiger charge is 2.23. The average molecular weight is 431 g/mol. The number of benzene rings is 5. The number of aromatic nitrogens is 1. The van der Waals surface area contributed by atoms with Gasteiger partial charge in [0.25, 0.3) is 0 Å². The molecule has 3 aromatic heterocycles. The first-order valence-electron chi connectivity index (χ1n) is 11.1. The fraction of sp³-hybridized carbons (Fsp3) is 0. The van der Waals surface area contributed by atoms with Crippen LogP contribution in [-0.4, -0.2) is 4.40 Å². The van der Waals surface area contributed by atoms with Crippen molar-refractivity contribution >= 4 is 70.8 Å². The van der Waals surface area contributed by atoms with Gasteiger partial charge in [-0.25, -0.2) is 0 Å². The molecule has 0 amide bonds. The third-order valence-electron chi connectivity index (χ3n) is 7.12. The molecule has 0 fully saturated rings. The second-order valence-electron chi connectivity index (χ2n) is 8.84. The van der Waals surface area contributed by atoms with Crippen molar-refractivity contribution in [2.45, 2.75) is 0 Å². The number of nitrogens with zero attached hydrogens (tertiary/aromatic N) is 3. The second kappa shape index (κ2) is 5.84. The second-order valence-corrected chi connectivity index (χ2v) is 8.84. The van der Waals surface area contributed by atoms with E-state index >= 15 is 0 Å². The Morgan fingerprint density at radius 3 is 2.03 bits per heavy atom. The van der Waals surface area contributed by atoms with E-state index in [2.05, 4.69) is 52.9 Å². The third-order valence-corrected chi connectivity index (χ3v) is 7.12. The van der Waals surface area contributed by atoms with E-state index in [1.165, 1.54) is 5.39 Å². The molecule has 3 heterocycles. The molecule has 5 aromatic carbocycles. The summed E-state index contributed by atoms with van der Waals surface area (Å²) in [5.41, 5.74) is 5.90. The number of hydrogen-bond acceptors (Lipinski definition) is 3.